The monoisotopic (exact) mass is 1070 g/mol. The lowest BCUT2D eigenvalue weighted by Crippen LogP contribution is -2.32. The van der Waals surface area contributed by atoms with E-state index in [1.807, 2.05) is 0 Å². The molecule has 0 saturated heterocycles. The second kappa shape index (κ2) is 17.6. The van der Waals surface area contributed by atoms with Crippen LogP contribution in [0.4, 0.5) is 17.1 Å². The van der Waals surface area contributed by atoms with E-state index < -0.39 is 16.2 Å². The number of nitrogens with zero attached hydrogens (tertiary/aromatic N) is 1. The lowest BCUT2D eigenvalue weighted by Gasteiger charge is -2.40. The van der Waals surface area contributed by atoms with Crippen molar-refractivity contribution in [1.82, 2.24) is 0 Å². The third-order valence-corrected chi connectivity index (χ3v) is 19.1. The number of para-hydroxylation sites is 4. The van der Waals surface area contributed by atoms with Crippen molar-refractivity contribution in [2.75, 3.05) is 4.90 Å². The van der Waals surface area contributed by atoms with E-state index in [2.05, 4.69) is 314 Å². The highest BCUT2D eigenvalue weighted by molar-refractivity contribution is 5.98. The number of rotatable bonds is 6. The smallest absolute Gasteiger partial charge is 0.132 e. The molecule has 0 unspecified atom stereocenters. The summed E-state index contributed by atoms with van der Waals surface area (Å²) in [5.41, 5.74) is 25.5. The van der Waals surface area contributed by atoms with Gasteiger partial charge in [-0.05, 0) is 150 Å². The van der Waals surface area contributed by atoms with Gasteiger partial charge in [-0.15, -0.1) is 0 Å². The van der Waals surface area contributed by atoms with Gasteiger partial charge in [-0.3, -0.25) is 0 Å². The van der Waals surface area contributed by atoms with E-state index in [0.29, 0.717) is 0 Å². The molecule has 0 radical (unpaired) electrons. The summed E-state index contributed by atoms with van der Waals surface area (Å²) < 4.78 is 13.7. The molecule has 2 heterocycles. The summed E-state index contributed by atoms with van der Waals surface area (Å²) in [5.74, 6) is 3.48. The molecule has 0 amide bonds. The van der Waals surface area contributed by atoms with Gasteiger partial charge in [0, 0.05) is 39.3 Å². The van der Waals surface area contributed by atoms with Crippen LogP contribution >= 0.6 is 0 Å². The highest BCUT2D eigenvalue weighted by Crippen LogP contribution is 2.66. The van der Waals surface area contributed by atoms with E-state index in [0.717, 1.165) is 67.9 Å². The van der Waals surface area contributed by atoms with Crippen molar-refractivity contribution in [1.29, 1.82) is 0 Å². The molecule has 0 N–H and O–H groups in total. The fourth-order valence-corrected chi connectivity index (χ4v) is 16.0. The molecule has 3 aliphatic carbocycles. The molecule has 0 bridgehead atoms. The minimum atomic E-state index is -0.665. The second-order valence-electron chi connectivity index (χ2n) is 22.9. The van der Waals surface area contributed by atoms with Crippen LogP contribution in [0.5, 0.6) is 23.0 Å². The average Bonchev–Trinajstić information content (AvgIpc) is 1.60. The van der Waals surface area contributed by atoms with E-state index in [9.17, 15) is 0 Å². The maximum Gasteiger partial charge on any atom is 0.132 e. The maximum absolute atomic E-state index is 6.84. The van der Waals surface area contributed by atoms with Crippen molar-refractivity contribution >= 4 is 17.1 Å². The van der Waals surface area contributed by atoms with Gasteiger partial charge in [0.25, 0.3) is 0 Å². The Labute approximate surface area is 488 Å². The third kappa shape index (κ3) is 6.09. The summed E-state index contributed by atoms with van der Waals surface area (Å²) in [6, 6.07) is 115. The van der Waals surface area contributed by atoms with E-state index in [1.165, 1.54) is 83.5 Å². The van der Waals surface area contributed by atoms with Crippen LogP contribution in [-0.2, 0) is 16.2 Å². The maximum atomic E-state index is 6.84. The summed E-state index contributed by atoms with van der Waals surface area (Å²) in [6.45, 7) is 0. The largest absolute Gasteiger partial charge is 0.457 e. The van der Waals surface area contributed by atoms with Gasteiger partial charge in [0.2, 0.25) is 0 Å². The quantitative estimate of drug-likeness (QED) is 0.166. The summed E-state index contributed by atoms with van der Waals surface area (Å²) in [4.78, 5) is 2.51. The number of fused-ring (bicyclic) bond motifs is 21. The third-order valence-electron chi connectivity index (χ3n) is 19.1. The first-order chi connectivity index (χ1) is 41.7. The zero-order chi connectivity index (χ0) is 55.1. The second-order valence-corrected chi connectivity index (χ2v) is 22.9. The van der Waals surface area contributed by atoms with Gasteiger partial charge < -0.3 is 14.4 Å². The highest BCUT2D eigenvalue weighted by atomic mass is 16.5. The normalized spacial score (nSPS) is 14.7. The predicted octanol–water partition coefficient (Wildman–Crippen LogP) is 20.1. The number of hydrogen-bond acceptors (Lipinski definition) is 3. The van der Waals surface area contributed by atoms with E-state index >= 15 is 0 Å². The molecule has 3 nitrogen and oxygen atoms in total. The Morgan fingerprint density at radius 1 is 0.214 bits per heavy atom. The first kappa shape index (κ1) is 47.0. The molecule has 2 aliphatic heterocycles. The van der Waals surface area contributed by atoms with Gasteiger partial charge >= 0.3 is 0 Å². The molecule has 392 valence electrons. The van der Waals surface area contributed by atoms with Crippen molar-refractivity contribution < 1.29 is 9.47 Å². The van der Waals surface area contributed by atoms with Crippen molar-refractivity contribution in [3.05, 3.63) is 376 Å². The molecule has 0 saturated carbocycles. The fraction of sp³-hybridized carbons (Fsp3) is 0.0370. The van der Waals surface area contributed by atoms with Crippen LogP contribution in [0.1, 0.15) is 66.8 Å². The topological polar surface area (TPSA) is 21.7 Å². The molecular weight excluding hydrogens is 1020 g/mol. The first-order valence-corrected chi connectivity index (χ1v) is 29.1. The number of ether oxygens (including phenoxy) is 2. The zero-order valence-corrected chi connectivity index (χ0v) is 45.7. The Bertz CT molecular complexity index is 4560. The van der Waals surface area contributed by atoms with E-state index in [4.69, 9.17) is 9.47 Å². The highest BCUT2D eigenvalue weighted by Gasteiger charge is 2.54. The van der Waals surface area contributed by atoms with Crippen LogP contribution in [0.2, 0.25) is 0 Å². The summed E-state index contributed by atoms with van der Waals surface area (Å²) in [7, 11) is 0. The zero-order valence-electron chi connectivity index (χ0n) is 45.7. The minimum Gasteiger partial charge on any atom is -0.457 e. The minimum absolute atomic E-state index is 0.535. The molecule has 13 aromatic rings. The summed E-state index contributed by atoms with van der Waals surface area (Å²) >= 11 is 0. The Kier molecular flexibility index (Phi) is 9.86. The van der Waals surface area contributed by atoms with Crippen LogP contribution in [0.25, 0.3) is 44.5 Å². The van der Waals surface area contributed by atoms with Crippen LogP contribution in [-0.4, -0.2) is 0 Å². The molecule has 2 spiro atoms. The van der Waals surface area contributed by atoms with Crippen molar-refractivity contribution in [2.24, 2.45) is 0 Å². The standard InChI is InChI=1S/C81H51NO2/c1-3-24-53(25-4-1)79(54-26-5-2-6-27-54)66-35-12-9-31-63(66)78-58(32-22-40-71(78)79)52-23-21-28-55(49-52)82(56-45-47-61-59-29-7-10-33-64(59)80(72(61)50-56)67-36-13-17-41-74(67)83-75-42-18-14-37-68(75)80)57-46-48-62-60-30-8-11-34-65(60)81(73(62)51-57)69-38-15-19-43-76(69)84-77-44-20-16-39-70(77)81/h1-51H. The van der Waals surface area contributed by atoms with Crippen LogP contribution in [0.3, 0.4) is 0 Å². The molecule has 0 aromatic heterocycles. The number of anilines is 3. The van der Waals surface area contributed by atoms with Gasteiger partial charge in [0.15, 0.2) is 0 Å². The van der Waals surface area contributed by atoms with Crippen molar-refractivity contribution in [3.63, 3.8) is 0 Å². The van der Waals surface area contributed by atoms with Crippen LogP contribution < -0.4 is 14.4 Å². The Morgan fingerprint density at radius 3 is 1.04 bits per heavy atom. The first-order valence-electron chi connectivity index (χ1n) is 29.1. The van der Waals surface area contributed by atoms with E-state index in [-0.39, 0.29) is 0 Å². The number of hydrogen-bond donors (Lipinski definition) is 0. The van der Waals surface area contributed by atoms with Gasteiger partial charge in [0.05, 0.1) is 16.2 Å². The predicted molar refractivity (Wildman–Crippen MR) is 339 cm³/mol. The molecule has 18 rings (SSSR count). The van der Waals surface area contributed by atoms with Crippen LogP contribution in [0, 0.1) is 0 Å². The lowest BCUT2D eigenvalue weighted by molar-refractivity contribution is 0.436. The Morgan fingerprint density at radius 2 is 0.560 bits per heavy atom. The Hall–Kier alpha value is -10.7. The van der Waals surface area contributed by atoms with Crippen molar-refractivity contribution in [2.45, 2.75) is 16.2 Å². The molecule has 0 atom stereocenters. The SMILES string of the molecule is c1ccc(C2(c3ccccc3)c3ccccc3-c3c(-c4cccc(N(c5ccc6c(c5)C5(c7ccccc7Oc7ccccc75)c5ccccc5-6)c5ccc6c(c5)C5(c7ccccc7Oc7ccccc75)c5ccccc5-6)c4)cccc32)cc1. The van der Waals surface area contributed by atoms with Crippen LogP contribution in [0.15, 0.2) is 309 Å². The summed E-state index contributed by atoms with van der Waals surface area (Å²) in [6.07, 6.45) is 0. The molecule has 13 aromatic carbocycles. The molecule has 5 aliphatic rings. The molecule has 0 fully saturated rings. The molecular formula is C81H51NO2. The molecule has 3 heteroatoms. The molecule has 84 heavy (non-hydrogen) atoms. The van der Waals surface area contributed by atoms with Crippen molar-refractivity contribution in [3.8, 4) is 67.5 Å². The van der Waals surface area contributed by atoms with Gasteiger partial charge in [-0.1, -0.05) is 249 Å². The van der Waals surface area contributed by atoms with Gasteiger partial charge in [-0.25, -0.2) is 0 Å². The van der Waals surface area contributed by atoms with E-state index in [1.54, 1.807) is 0 Å². The number of benzene rings is 13. The summed E-state index contributed by atoms with van der Waals surface area (Å²) in [5, 5.41) is 0. The van der Waals surface area contributed by atoms with Gasteiger partial charge in [0.1, 0.15) is 23.0 Å². The average molecular weight is 1070 g/mol. The Balaban J connectivity index is 0.906. The fourth-order valence-electron chi connectivity index (χ4n) is 16.0. The lowest BCUT2D eigenvalue weighted by atomic mass is 9.66. The van der Waals surface area contributed by atoms with Gasteiger partial charge in [-0.2, -0.15) is 0 Å².